The highest BCUT2D eigenvalue weighted by Gasteiger charge is 2.39. The Bertz CT molecular complexity index is 663. The van der Waals surface area contributed by atoms with Crippen molar-refractivity contribution in [2.45, 2.75) is 42.4 Å². The zero-order chi connectivity index (χ0) is 15.7. The maximum Gasteiger partial charge on any atom is 0.273 e. The van der Waals surface area contributed by atoms with Crippen molar-refractivity contribution in [2.75, 3.05) is 6.54 Å². The monoisotopic (exact) mass is 342 g/mol. The molecule has 0 radical (unpaired) electrons. The van der Waals surface area contributed by atoms with Crippen LogP contribution in [0.5, 0.6) is 0 Å². The fraction of sp³-hybridized carbons (Fsp3) is 0.571. The van der Waals surface area contributed by atoms with E-state index in [4.69, 9.17) is 0 Å². The summed E-state index contributed by atoms with van der Waals surface area (Å²) in [5.74, 6) is -1.20. The van der Waals surface area contributed by atoms with Gasteiger partial charge in [-0.25, -0.2) is 13.1 Å². The molecule has 1 aliphatic heterocycles. The quantitative estimate of drug-likeness (QED) is 0.895. The Morgan fingerprint density at radius 2 is 2.05 bits per heavy atom. The number of rotatable bonds is 4. The van der Waals surface area contributed by atoms with Gasteiger partial charge >= 0.3 is 0 Å². The van der Waals surface area contributed by atoms with E-state index >= 15 is 0 Å². The third-order valence-corrected chi connectivity index (χ3v) is 7.03. The van der Waals surface area contributed by atoms with Crippen LogP contribution in [0.15, 0.2) is 21.7 Å². The van der Waals surface area contributed by atoms with Crippen molar-refractivity contribution in [1.82, 2.24) is 9.62 Å². The first-order valence-electron chi connectivity index (χ1n) is 7.37. The Hall–Kier alpha value is -1.41. The van der Waals surface area contributed by atoms with Crippen molar-refractivity contribution in [3.05, 3.63) is 17.5 Å². The summed E-state index contributed by atoms with van der Waals surface area (Å²) in [7, 11) is -3.82. The largest absolute Gasteiger partial charge is 0.339 e. The lowest BCUT2D eigenvalue weighted by molar-refractivity contribution is -0.130. The second kappa shape index (κ2) is 6.00. The summed E-state index contributed by atoms with van der Waals surface area (Å²) in [6, 6.07) is 3.29. The minimum absolute atomic E-state index is 0.0411. The lowest BCUT2D eigenvalue weighted by Crippen LogP contribution is -2.38. The molecule has 22 heavy (non-hydrogen) atoms. The Labute approximate surface area is 133 Å². The topological polar surface area (TPSA) is 83.5 Å². The van der Waals surface area contributed by atoms with Crippen molar-refractivity contribution < 1.29 is 18.0 Å². The van der Waals surface area contributed by atoms with Crippen molar-refractivity contribution in [2.24, 2.45) is 5.92 Å². The van der Waals surface area contributed by atoms with Gasteiger partial charge < -0.3 is 4.90 Å². The number of sulfonamides is 1. The number of nitrogens with zero attached hydrogens (tertiary/aromatic N) is 1. The third-order valence-electron chi connectivity index (χ3n) is 4.29. The number of hydrogen-bond donors (Lipinski definition) is 1. The van der Waals surface area contributed by atoms with E-state index in [1.165, 1.54) is 6.07 Å². The van der Waals surface area contributed by atoms with Crippen molar-refractivity contribution >= 4 is 33.2 Å². The molecule has 6 nitrogen and oxygen atoms in total. The number of carbonyl (C=O) groups excluding carboxylic acids is 2. The molecule has 2 heterocycles. The molecular formula is C14H18N2O4S2. The third kappa shape index (κ3) is 3.03. The Balaban J connectivity index is 1.65. The van der Waals surface area contributed by atoms with Crippen LogP contribution in [-0.2, 0) is 19.6 Å². The van der Waals surface area contributed by atoms with Gasteiger partial charge in [-0.05, 0) is 24.3 Å². The first-order valence-corrected chi connectivity index (χ1v) is 9.73. The predicted molar refractivity (Wildman–Crippen MR) is 81.7 cm³/mol. The zero-order valence-corrected chi connectivity index (χ0v) is 13.7. The van der Waals surface area contributed by atoms with Gasteiger partial charge in [0, 0.05) is 19.0 Å². The smallest absolute Gasteiger partial charge is 0.273 e. The fourth-order valence-corrected chi connectivity index (χ4v) is 5.20. The molecule has 1 atom stereocenters. The minimum Gasteiger partial charge on any atom is -0.339 e. The summed E-state index contributed by atoms with van der Waals surface area (Å²) in [5, 5.41) is 1.64. The van der Waals surface area contributed by atoms with Crippen molar-refractivity contribution in [1.29, 1.82) is 0 Å². The Kier molecular flexibility index (Phi) is 4.22. The number of amides is 2. The number of nitrogens with one attached hydrogen (secondary N) is 1. The summed E-state index contributed by atoms with van der Waals surface area (Å²) in [4.78, 5) is 26.0. The van der Waals surface area contributed by atoms with Gasteiger partial charge in [-0.3, -0.25) is 9.59 Å². The van der Waals surface area contributed by atoms with E-state index in [0.29, 0.717) is 6.54 Å². The second-order valence-corrected chi connectivity index (χ2v) is 8.64. The molecule has 1 saturated heterocycles. The van der Waals surface area contributed by atoms with Crippen LogP contribution in [0, 0.1) is 5.92 Å². The summed E-state index contributed by atoms with van der Waals surface area (Å²) < 4.78 is 26.3. The van der Waals surface area contributed by atoms with Gasteiger partial charge in [0.25, 0.3) is 10.0 Å². The van der Waals surface area contributed by atoms with Gasteiger partial charge in [0.15, 0.2) is 0 Å². The fourth-order valence-electron chi connectivity index (χ4n) is 3.16. The average Bonchev–Trinajstić information content (AvgIpc) is 3.19. The lowest BCUT2D eigenvalue weighted by Gasteiger charge is -2.23. The van der Waals surface area contributed by atoms with E-state index in [1.807, 2.05) is 0 Å². The van der Waals surface area contributed by atoms with Gasteiger partial charge in [-0.1, -0.05) is 18.9 Å². The molecule has 2 amide bonds. The average molecular weight is 342 g/mol. The van der Waals surface area contributed by atoms with Crippen LogP contribution in [-0.4, -0.2) is 37.7 Å². The van der Waals surface area contributed by atoms with E-state index in [0.717, 1.165) is 37.0 Å². The number of likely N-dealkylation sites (tertiary alicyclic amines) is 1. The number of hydrogen-bond acceptors (Lipinski definition) is 5. The first kappa shape index (κ1) is 15.5. The molecule has 1 saturated carbocycles. The van der Waals surface area contributed by atoms with Crippen LogP contribution in [0.25, 0.3) is 0 Å². The van der Waals surface area contributed by atoms with Crippen molar-refractivity contribution in [3.8, 4) is 0 Å². The van der Waals surface area contributed by atoms with Crippen LogP contribution in [0.1, 0.15) is 32.1 Å². The van der Waals surface area contributed by atoms with Gasteiger partial charge in [-0.2, -0.15) is 0 Å². The van der Waals surface area contributed by atoms with Gasteiger partial charge in [0.2, 0.25) is 11.8 Å². The maximum atomic E-state index is 12.2. The van der Waals surface area contributed by atoms with E-state index in [9.17, 15) is 18.0 Å². The summed E-state index contributed by atoms with van der Waals surface area (Å²) in [6.45, 7) is 0.329. The van der Waals surface area contributed by atoms with E-state index in [1.54, 1.807) is 16.3 Å². The van der Waals surface area contributed by atoms with E-state index < -0.39 is 21.8 Å². The molecule has 1 aliphatic carbocycles. The van der Waals surface area contributed by atoms with Gasteiger partial charge in [0.1, 0.15) is 4.21 Å². The van der Waals surface area contributed by atoms with Gasteiger partial charge in [0.05, 0.1) is 5.92 Å². The molecular weight excluding hydrogens is 324 g/mol. The Morgan fingerprint density at radius 3 is 2.68 bits per heavy atom. The van der Waals surface area contributed by atoms with Crippen molar-refractivity contribution in [3.63, 3.8) is 0 Å². The first-order chi connectivity index (χ1) is 10.5. The molecule has 8 heteroatoms. The van der Waals surface area contributed by atoms with E-state index in [2.05, 4.69) is 4.72 Å². The number of thiophene rings is 1. The molecule has 0 spiro atoms. The van der Waals surface area contributed by atoms with Crippen LogP contribution >= 0.6 is 11.3 Å². The molecule has 2 aliphatic rings. The lowest BCUT2D eigenvalue weighted by atomic mass is 10.1. The molecule has 3 rings (SSSR count). The molecule has 2 fully saturated rings. The Morgan fingerprint density at radius 1 is 1.32 bits per heavy atom. The molecule has 0 unspecified atom stereocenters. The maximum absolute atomic E-state index is 12.2. The molecule has 1 N–H and O–H groups in total. The summed E-state index contributed by atoms with van der Waals surface area (Å²) >= 11 is 1.06. The van der Waals surface area contributed by atoms with Crippen LogP contribution in [0.2, 0.25) is 0 Å². The standard InChI is InChI=1S/C14H18N2O4S2/c17-12-8-10(9-16(12)11-4-1-2-5-11)14(18)15-22(19,20)13-6-3-7-21-13/h3,6-7,10-11H,1-2,4-5,8-9H2,(H,15,18)/t10-/m1/s1. The highest BCUT2D eigenvalue weighted by atomic mass is 32.2. The molecule has 0 bridgehead atoms. The predicted octanol–water partition coefficient (Wildman–Crippen LogP) is 1.34. The van der Waals surface area contributed by atoms with E-state index in [-0.39, 0.29) is 22.6 Å². The summed E-state index contributed by atoms with van der Waals surface area (Å²) in [5.41, 5.74) is 0. The summed E-state index contributed by atoms with van der Waals surface area (Å²) in [6.07, 6.45) is 4.28. The SMILES string of the molecule is O=C(NS(=O)(=O)c1cccs1)[C@@H]1CC(=O)N(C2CCCC2)C1. The minimum atomic E-state index is -3.82. The molecule has 120 valence electrons. The normalized spacial score (nSPS) is 23.2. The highest BCUT2D eigenvalue weighted by molar-refractivity contribution is 7.92. The van der Waals surface area contributed by atoms with Crippen LogP contribution in [0.4, 0.5) is 0 Å². The second-order valence-electron chi connectivity index (χ2n) is 5.79. The molecule has 0 aromatic carbocycles. The van der Waals surface area contributed by atoms with Crippen LogP contribution < -0.4 is 4.72 Å². The zero-order valence-electron chi connectivity index (χ0n) is 12.0. The number of carbonyl (C=O) groups is 2. The van der Waals surface area contributed by atoms with Gasteiger partial charge in [-0.15, -0.1) is 11.3 Å². The van der Waals surface area contributed by atoms with Crippen LogP contribution in [0.3, 0.4) is 0 Å². The molecule has 1 aromatic rings. The highest BCUT2D eigenvalue weighted by Crippen LogP contribution is 2.29. The molecule has 1 aromatic heterocycles.